The van der Waals surface area contributed by atoms with Crippen LogP contribution in [0.1, 0.15) is 24.8 Å². The van der Waals surface area contributed by atoms with Gasteiger partial charge in [-0.05, 0) is 30.5 Å². The number of hydrogen-bond acceptors (Lipinski definition) is 4. The molecule has 18 heavy (non-hydrogen) atoms. The molecule has 0 bridgehead atoms. The molecule has 1 heterocycles. The van der Waals surface area contributed by atoms with Gasteiger partial charge in [0.2, 0.25) is 0 Å². The van der Waals surface area contributed by atoms with Gasteiger partial charge < -0.3 is 20.5 Å². The van der Waals surface area contributed by atoms with E-state index in [0.717, 1.165) is 24.5 Å². The van der Waals surface area contributed by atoms with E-state index in [9.17, 15) is 0 Å². The summed E-state index contributed by atoms with van der Waals surface area (Å²) in [7, 11) is 0. The first-order valence-electron chi connectivity index (χ1n) is 6.70. The van der Waals surface area contributed by atoms with E-state index < -0.39 is 0 Å². The fourth-order valence-corrected chi connectivity index (χ4v) is 2.69. The van der Waals surface area contributed by atoms with Crippen LogP contribution in [0.15, 0.2) is 18.2 Å². The first-order valence-corrected chi connectivity index (χ1v) is 6.70. The van der Waals surface area contributed by atoms with E-state index in [1.807, 2.05) is 6.07 Å². The Morgan fingerprint density at radius 1 is 1.17 bits per heavy atom. The van der Waals surface area contributed by atoms with Crippen LogP contribution in [-0.2, 0) is 6.54 Å². The smallest absolute Gasteiger partial charge is 0.161 e. The number of rotatable bonds is 3. The van der Waals surface area contributed by atoms with E-state index in [4.69, 9.17) is 15.2 Å². The Kier molecular flexibility index (Phi) is 3.39. The highest BCUT2D eigenvalue weighted by molar-refractivity contribution is 5.43. The molecule has 4 heteroatoms. The maximum Gasteiger partial charge on any atom is 0.161 e. The molecule has 1 aliphatic heterocycles. The van der Waals surface area contributed by atoms with Gasteiger partial charge in [0.15, 0.2) is 11.5 Å². The Balaban J connectivity index is 1.62. The Bertz CT molecular complexity index is 422. The Morgan fingerprint density at radius 3 is 2.78 bits per heavy atom. The predicted octanol–water partition coefficient (Wildman–Crippen LogP) is 1.43. The number of benzene rings is 1. The van der Waals surface area contributed by atoms with Gasteiger partial charge in [-0.25, -0.2) is 0 Å². The molecule has 0 spiro atoms. The second kappa shape index (κ2) is 5.16. The molecule has 1 saturated carbocycles. The zero-order valence-corrected chi connectivity index (χ0v) is 10.5. The van der Waals surface area contributed by atoms with E-state index in [0.29, 0.717) is 25.3 Å². The van der Waals surface area contributed by atoms with Crippen molar-refractivity contribution in [3.8, 4) is 11.5 Å². The van der Waals surface area contributed by atoms with Crippen LogP contribution in [0.3, 0.4) is 0 Å². The molecule has 4 nitrogen and oxygen atoms in total. The van der Waals surface area contributed by atoms with E-state index in [1.54, 1.807) is 0 Å². The zero-order valence-electron chi connectivity index (χ0n) is 10.5. The maximum absolute atomic E-state index is 6.05. The van der Waals surface area contributed by atoms with Crippen LogP contribution >= 0.6 is 0 Å². The number of fused-ring (bicyclic) bond motifs is 1. The largest absolute Gasteiger partial charge is 0.486 e. The van der Waals surface area contributed by atoms with E-state index in [1.165, 1.54) is 18.4 Å². The van der Waals surface area contributed by atoms with Crippen LogP contribution in [0.2, 0.25) is 0 Å². The van der Waals surface area contributed by atoms with Crippen LogP contribution in [0.25, 0.3) is 0 Å². The molecule has 1 aliphatic carbocycles. The van der Waals surface area contributed by atoms with Crippen molar-refractivity contribution in [2.24, 2.45) is 5.73 Å². The average molecular weight is 248 g/mol. The predicted molar refractivity (Wildman–Crippen MR) is 69.9 cm³/mol. The van der Waals surface area contributed by atoms with Gasteiger partial charge in [0.05, 0.1) is 0 Å². The fourth-order valence-electron chi connectivity index (χ4n) is 2.69. The summed E-state index contributed by atoms with van der Waals surface area (Å²) in [5, 5.41) is 3.53. The maximum atomic E-state index is 6.05. The molecule has 3 rings (SSSR count). The lowest BCUT2D eigenvalue weighted by molar-refractivity contribution is 0.171. The van der Waals surface area contributed by atoms with Crippen molar-refractivity contribution in [2.45, 2.75) is 37.9 Å². The van der Waals surface area contributed by atoms with Crippen molar-refractivity contribution < 1.29 is 9.47 Å². The molecule has 0 radical (unpaired) electrons. The molecule has 98 valence electrons. The lowest BCUT2D eigenvalue weighted by atomic mass is 10.1. The average Bonchev–Trinajstić information content (AvgIpc) is 2.82. The molecule has 1 aromatic carbocycles. The summed E-state index contributed by atoms with van der Waals surface area (Å²) in [6.45, 7) is 2.12. The molecule has 0 aromatic heterocycles. The first-order chi connectivity index (χ1) is 8.83. The summed E-state index contributed by atoms with van der Waals surface area (Å²) in [5.41, 5.74) is 7.27. The summed E-state index contributed by atoms with van der Waals surface area (Å²) in [6.07, 6.45) is 3.56. The number of nitrogens with two attached hydrogens (primary N) is 1. The van der Waals surface area contributed by atoms with Gasteiger partial charge >= 0.3 is 0 Å². The van der Waals surface area contributed by atoms with Crippen molar-refractivity contribution in [3.63, 3.8) is 0 Å². The third kappa shape index (κ3) is 2.44. The SMILES string of the molecule is NC1CCCC1NCc1ccc2c(c1)OCCO2. The lowest BCUT2D eigenvalue weighted by Crippen LogP contribution is -2.40. The third-order valence-electron chi connectivity index (χ3n) is 3.74. The second-order valence-electron chi connectivity index (χ2n) is 5.06. The fraction of sp³-hybridized carbons (Fsp3) is 0.571. The highest BCUT2D eigenvalue weighted by atomic mass is 16.6. The second-order valence-corrected chi connectivity index (χ2v) is 5.06. The van der Waals surface area contributed by atoms with E-state index >= 15 is 0 Å². The number of nitrogens with one attached hydrogen (secondary N) is 1. The molecule has 0 saturated heterocycles. The van der Waals surface area contributed by atoms with Gasteiger partial charge in [0.1, 0.15) is 13.2 Å². The topological polar surface area (TPSA) is 56.5 Å². The normalized spacial score (nSPS) is 26.3. The third-order valence-corrected chi connectivity index (χ3v) is 3.74. The van der Waals surface area contributed by atoms with Crippen molar-refractivity contribution in [1.82, 2.24) is 5.32 Å². The first kappa shape index (κ1) is 11.8. The monoisotopic (exact) mass is 248 g/mol. The Hall–Kier alpha value is -1.26. The van der Waals surface area contributed by atoms with Gasteiger partial charge in [0.25, 0.3) is 0 Å². The highest BCUT2D eigenvalue weighted by Gasteiger charge is 2.23. The zero-order chi connectivity index (χ0) is 12.4. The molecular formula is C14H20N2O2. The van der Waals surface area contributed by atoms with Crippen molar-refractivity contribution >= 4 is 0 Å². The van der Waals surface area contributed by atoms with E-state index in [-0.39, 0.29) is 0 Å². The van der Waals surface area contributed by atoms with E-state index in [2.05, 4.69) is 17.4 Å². The molecule has 2 atom stereocenters. The molecular weight excluding hydrogens is 228 g/mol. The Labute approximate surface area is 107 Å². The highest BCUT2D eigenvalue weighted by Crippen LogP contribution is 2.30. The van der Waals surface area contributed by atoms with Crippen molar-refractivity contribution in [3.05, 3.63) is 23.8 Å². The lowest BCUT2D eigenvalue weighted by Gasteiger charge is -2.20. The van der Waals surface area contributed by atoms with Crippen LogP contribution in [0.4, 0.5) is 0 Å². The van der Waals surface area contributed by atoms with Crippen LogP contribution in [0.5, 0.6) is 11.5 Å². The summed E-state index contributed by atoms with van der Waals surface area (Å²) >= 11 is 0. The quantitative estimate of drug-likeness (QED) is 0.849. The van der Waals surface area contributed by atoms with Gasteiger partial charge in [-0.3, -0.25) is 0 Å². The molecule has 2 aliphatic rings. The number of ether oxygens (including phenoxy) is 2. The number of hydrogen-bond donors (Lipinski definition) is 2. The van der Waals surface area contributed by atoms with Crippen LogP contribution < -0.4 is 20.5 Å². The summed E-state index contributed by atoms with van der Waals surface area (Å²) < 4.78 is 11.1. The molecule has 0 amide bonds. The van der Waals surface area contributed by atoms with Gasteiger partial charge in [0, 0.05) is 18.6 Å². The van der Waals surface area contributed by atoms with Crippen molar-refractivity contribution in [2.75, 3.05) is 13.2 Å². The minimum atomic E-state index is 0.308. The van der Waals surface area contributed by atoms with Gasteiger partial charge in [-0.1, -0.05) is 12.5 Å². The van der Waals surface area contributed by atoms with Gasteiger partial charge in [-0.2, -0.15) is 0 Å². The van der Waals surface area contributed by atoms with Crippen LogP contribution in [-0.4, -0.2) is 25.3 Å². The van der Waals surface area contributed by atoms with Gasteiger partial charge in [-0.15, -0.1) is 0 Å². The Morgan fingerprint density at radius 2 is 2.00 bits per heavy atom. The summed E-state index contributed by atoms with van der Waals surface area (Å²) in [6, 6.07) is 6.89. The van der Waals surface area contributed by atoms with Crippen molar-refractivity contribution in [1.29, 1.82) is 0 Å². The minimum absolute atomic E-state index is 0.308. The molecule has 1 aromatic rings. The minimum Gasteiger partial charge on any atom is -0.486 e. The molecule has 3 N–H and O–H groups in total. The molecule has 1 fully saturated rings. The summed E-state index contributed by atoms with van der Waals surface area (Å²) in [5.74, 6) is 1.71. The van der Waals surface area contributed by atoms with Crippen LogP contribution in [0, 0.1) is 0 Å². The standard InChI is InChI=1S/C14H20N2O2/c15-11-2-1-3-12(11)16-9-10-4-5-13-14(8-10)18-7-6-17-13/h4-5,8,11-12,16H,1-3,6-7,9,15H2. The molecule has 2 unspecified atom stereocenters. The summed E-state index contributed by atoms with van der Waals surface area (Å²) in [4.78, 5) is 0.